The Hall–Kier alpha value is -3.46. The summed E-state index contributed by atoms with van der Waals surface area (Å²) < 4.78 is 77.6. The first-order valence-corrected chi connectivity index (χ1v) is 10.7. The van der Waals surface area contributed by atoms with Crippen molar-refractivity contribution in [2.45, 2.75) is 23.5 Å². The van der Waals surface area contributed by atoms with E-state index in [4.69, 9.17) is 14.7 Å². The minimum Gasteiger partial charge on any atom is -0.496 e. The van der Waals surface area contributed by atoms with Gasteiger partial charge in [-0.15, -0.1) is 0 Å². The van der Waals surface area contributed by atoms with E-state index in [2.05, 4.69) is 4.72 Å². The van der Waals surface area contributed by atoms with Gasteiger partial charge in [0.2, 0.25) is 0 Å². The number of ether oxygens (including phenoxy) is 2. The van der Waals surface area contributed by atoms with E-state index in [9.17, 15) is 26.4 Å². The van der Waals surface area contributed by atoms with Crippen LogP contribution in [-0.4, -0.2) is 52.2 Å². The second kappa shape index (κ2) is 8.58. The normalized spacial score (nSPS) is 15.7. The van der Waals surface area contributed by atoms with Crippen molar-refractivity contribution in [2.24, 2.45) is 0 Å². The SMILES string of the molecule is COc1ccc(S(=O)(=O)Nc2cccc(C#N)c2)c2c1C[C@@H](N(C)C(=O)C(F)(F)F)CO2. The minimum atomic E-state index is -5.05. The van der Waals surface area contributed by atoms with Crippen LogP contribution in [0.3, 0.4) is 0 Å². The number of carbonyl (C=O) groups excluding carboxylic acids is 1. The standard InChI is InChI=1S/C20H18F3N3O5S/c1-26(19(27)20(21,22)23)14-9-15-16(30-2)6-7-17(18(15)31-11-14)32(28,29)25-13-5-3-4-12(8-13)10-24/h3-8,14,25H,9,11H2,1-2H3/t14-/m1/s1. The molecule has 0 aliphatic carbocycles. The first-order chi connectivity index (χ1) is 15.0. The summed E-state index contributed by atoms with van der Waals surface area (Å²) in [5.41, 5.74) is 0.621. The highest BCUT2D eigenvalue weighted by Crippen LogP contribution is 2.40. The molecule has 32 heavy (non-hydrogen) atoms. The summed E-state index contributed by atoms with van der Waals surface area (Å²) >= 11 is 0. The van der Waals surface area contributed by atoms with Crippen LogP contribution in [0.2, 0.25) is 0 Å². The van der Waals surface area contributed by atoms with Gasteiger partial charge in [0.25, 0.3) is 10.0 Å². The van der Waals surface area contributed by atoms with Crippen molar-refractivity contribution < 1.29 is 35.9 Å². The predicted octanol–water partition coefficient (Wildman–Crippen LogP) is 2.69. The van der Waals surface area contributed by atoms with E-state index in [-0.39, 0.29) is 46.2 Å². The van der Waals surface area contributed by atoms with Crippen LogP contribution in [0.15, 0.2) is 41.3 Å². The monoisotopic (exact) mass is 469 g/mol. The third kappa shape index (κ3) is 4.57. The van der Waals surface area contributed by atoms with Gasteiger partial charge in [-0.3, -0.25) is 9.52 Å². The molecule has 1 aliphatic rings. The van der Waals surface area contributed by atoms with E-state index in [1.54, 1.807) is 0 Å². The number of alkyl halides is 3. The second-order valence-corrected chi connectivity index (χ2v) is 8.61. The highest BCUT2D eigenvalue weighted by molar-refractivity contribution is 7.92. The molecule has 2 aromatic rings. The molecule has 2 aromatic carbocycles. The quantitative estimate of drug-likeness (QED) is 0.721. The molecule has 1 N–H and O–H groups in total. The molecule has 0 radical (unpaired) electrons. The van der Waals surface area contributed by atoms with Crippen LogP contribution in [0, 0.1) is 11.3 Å². The van der Waals surface area contributed by atoms with Gasteiger partial charge in [-0.1, -0.05) is 6.07 Å². The number of fused-ring (bicyclic) bond motifs is 1. The minimum absolute atomic E-state index is 0.0719. The number of hydrogen-bond acceptors (Lipinski definition) is 6. The maximum Gasteiger partial charge on any atom is 0.471 e. The fraction of sp³-hybridized carbons (Fsp3) is 0.300. The Morgan fingerprint density at radius 1 is 1.31 bits per heavy atom. The van der Waals surface area contributed by atoms with Crippen LogP contribution < -0.4 is 14.2 Å². The fourth-order valence-electron chi connectivity index (χ4n) is 3.29. The zero-order valence-corrected chi connectivity index (χ0v) is 17.7. The van der Waals surface area contributed by atoms with Crippen molar-refractivity contribution in [1.29, 1.82) is 5.26 Å². The average molecular weight is 469 g/mol. The summed E-state index contributed by atoms with van der Waals surface area (Å²) in [7, 11) is -1.85. The van der Waals surface area contributed by atoms with Crippen molar-refractivity contribution in [1.82, 2.24) is 4.90 Å². The maximum atomic E-state index is 13.0. The molecule has 170 valence electrons. The Kier molecular flexibility index (Phi) is 6.23. The Labute approximate surface area is 182 Å². The fourth-order valence-corrected chi connectivity index (χ4v) is 4.51. The van der Waals surface area contributed by atoms with Crippen molar-refractivity contribution in [3.05, 3.63) is 47.5 Å². The first kappa shape index (κ1) is 23.2. The van der Waals surface area contributed by atoms with Gasteiger partial charge in [-0.25, -0.2) is 8.42 Å². The van der Waals surface area contributed by atoms with Gasteiger partial charge >= 0.3 is 12.1 Å². The summed E-state index contributed by atoms with van der Waals surface area (Å²) in [5, 5.41) is 8.99. The van der Waals surface area contributed by atoms with Crippen molar-refractivity contribution in [2.75, 3.05) is 25.5 Å². The van der Waals surface area contributed by atoms with Crippen LogP contribution in [-0.2, 0) is 21.2 Å². The zero-order valence-electron chi connectivity index (χ0n) is 16.9. The van der Waals surface area contributed by atoms with Crippen LogP contribution >= 0.6 is 0 Å². The summed E-state index contributed by atoms with van der Waals surface area (Å²) in [6, 6.07) is 9.36. The van der Waals surface area contributed by atoms with Crippen molar-refractivity contribution >= 4 is 21.6 Å². The van der Waals surface area contributed by atoms with Crippen molar-refractivity contribution in [3.63, 3.8) is 0 Å². The molecule has 3 rings (SSSR count). The molecule has 0 unspecified atom stereocenters. The van der Waals surface area contributed by atoms with E-state index < -0.39 is 28.1 Å². The van der Waals surface area contributed by atoms with Gasteiger partial charge in [-0.05, 0) is 30.3 Å². The lowest BCUT2D eigenvalue weighted by Gasteiger charge is -2.34. The molecule has 1 aliphatic heterocycles. The summed E-state index contributed by atoms with van der Waals surface area (Å²) in [5.74, 6) is -1.89. The van der Waals surface area contributed by atoms with E-state index >= 15 is 0 Å². The van der Waals surface area contributed by atoms with Crippen LogP contribution in [0.25, 0.3) is 0 Å². The van der Waals surface area contributed by atoms with Crippen LogP contribution in [0.1, 0.15) is 11.1 Å². The van der Waals surface area contributed by atoms with Gasteiger partial charge in [0.05, 0.1) is 30.5 Å². The van der Waals surface area contributed by atoms with Crippen LogP contribution in [0.5, 0.6) is 11.5 Å². The Balaban J connectivity index is 1.96. The van der Waals surface area contributed by atoms with E-state index in [0.29, 0.717) is 4.90 Å². The molecule has 0 aromatic heterocycles. The lowest BCUT2D eigenvalue weighted by Crippen LogP contribution is -2.49. The maximum absolute atomic E-state index is 13.0. The Bertz CT molecular complexity index is 1190. The number of methoxy groups -OCH3 is 1. The number of halogens is 3. The molecular formula is C20H18F3N3O5S. The van der Waals surface area contributed by atoms with Gasteiger partial charge < -0.3 is 14.4 Å². The van der Waals surface area contributed by atoms with Crippen LogP contribution in [0.4, 0.5) is 18.9 Å². The van der Waals surface area contributed by atoms with E-state index in [1.807, 2.05) is 6.07 Å². The first-order valence-electron chi connectivity index (χ1n) is 9.17. The molecule has 1 heterocycles. The predicted molar refractivity (Wildman–Crippen MR) is 107 cm³/mol. The molecule has 12 heteroatoms. The third-order valence-corrected chi connectivity index (χ3v) is 6.31. The number of carbonyl (C=O) groups is 1. The summed E-state index contributed by atoms with van der Waals surface area (Å²) in [6.07, 6.45) is -5.16. The molecule has 1 atom stereocenters. The van der Waals surface area contributed by atoms with Gasteiger partial charge in [0.15, 0.2) is 0 Å². The number of nitriles is 1. The van der Waals surface area contributed by atoms with E-state index in [0.717, 1.165) is 7.05 Å². The average Bonchev–Trinajstić information content (AvgIpc) is 2.75. The number of nitrogens with zero attached hydrogens (tertiary/aromatic N) is 2. The lowest BCUT2D eigenvalue weighted by molar-refractivity contribution is -0.186. The largest absolute Gasteiger partial charge is 0.496 e. The number of sulfonamides is 1. The number of benzene rings is 2. The molecule has 0 bridgehead atoms. The molecular weight excluding hydrogens is 451 g/mol. The van der Waals surface area contributed by atoms with E-state index in [1.165, 1.54) is 43.5 Å². The zero-order chi connectivity index (χ0) is 23.7. The highest BCUT2D eigenvalue weighted by Gasteiger charge is 2.44. The molecule has 1 amide bonds. The Morgan fingerprint density at radius 2 is 2.03 bits per heavy atom. The molecule has 8 nitrogen and oxygen atoms in total. The number of likely N-dealkylation sites (N-methyl/N-ethyl adjacent to an activating group) is 1. The molecule has 0 saturated carbocycles. The highest BCUT2D eigenvalue weighted by atomic mass is 32.2. The Morgan fingerprint density at radius 3 is 2.66 bits per heavy atom. The molecule has 0 saturated heterocycles. The number of anilines is 1. The topological polar surface area (TPSA) is 109 Å². The van der Waals surface area contributed by atoms with Crippen molar-refractivity contribution in [3.8, 4) is 17.6 Å². The summed E-state index contributed by atoms with van der Waals surface area (Å²) in [6.45, 7) is -0.342. The van der Waals surface area contributed by atoms with Gasteiger partial charge in [0.1, 0.15) is 23.0 Å². The summed E-state index contributed by atoms with van der Waals surface area (Å²) in [4.78, 5) is 11.9. The molecule has 0 spiro atoms. The number of amides is 1. The van der Waals surface area contributed by atoms with Gasteiger partial charge in [-0.2, -0.15) is 18.4 Å². The lowest BCUT2D eigenvalue weighted by atomic mass is 10.0. The number of nitrogens with one attached hydrogen (secondary N) is 1. The molecule has 0 fully saturated rings. The smallest absolute Gasteiger partial charge is 0.471 e. The van der Waals surface area contributed by atoms with Gasteiger partial charge in [0, 0.05) is 19.0 Å². The second-order valence-electron chi connectivity index (χ2n) is 6.95. The number of hydrogen-bond donors (Lipinski definition) is 1. The third-order valence-electron chi connectivity index (χ3n) is 4.91. The number of rotatable bonds is 5.